The van der Waals surface area contributed by atoms with Crippen molar-refractivity contribution in [3.05, 3.63) is 182 Å². The number of hydrogen-bond acceptors (Lipinski definition) is 4. The third kappa shape index (κ3) is 4.75. The van der Waals surface area contributed by atoms with Crippen LogP contribution in [0.3, 0.4) is 0 Å². The zero-order valence-corrected chi connectivity index (χ0v) is 30.8. The summed E-state index contributed by atoms with van der Waals surface area (Å²) in [5.74, 6) is 1.94. The van der Waals surface area contributed by atoms with Crippen LogP contribution in [0.4, 0.5) is 0 Å². The molecule has 3 heterocycles. The summed E-state index contributed by atoms with van der Waals surface area (Å²) in [5.41, 5.74) is 6.28. The molecule has 3 aromatic heterocycles. The average molecular weight is 731 g/mol. The van der Waals surface area contributed by atoms with Gasteiger partial charge in [-0.05, 0) is 86.9 Å². The van der Waals surface area contributed by atoms with Gasteiger partial charge in [-0.15, -0.1) is 11.3 Å². The lowest BCUT2D eigenvalue weighted by Gasteiger charge is -2.11. The Bertz CT molecular complexity index is 3530. The highest BCUT2D eigenvalue weighted by atomic mass is 32.1. The molecule has 0 radical (unpaired) electrons. The molecule has 56 heavy (non-hydrogen) atoms. The SMILES string of the molecule is c1ccc(-c2nc(-c3ccc4c(ccc5ccc6sc7ccc8ccccc8c7c6c54)c3)nc(-c3ccc4c(c3)c3ccccc3n4-c3ccccc3)n2)cc1. The van der Waals surface area contributed by atoms with Gasteiger partial charge >= 0.3 is 0 Å². The van der Waals surface area contributed by atoms with Crippen molar-refractivity contribution in [3.8, 4) is 39.9 Å². The number of thiophene rings is 1. The molecule has 260 valence electrons. The van der Waals surface area contributed by atoms with Crippen LogP contribution in [0.25, 0.3) is 114 Å². The van der Waals surface area contributed by atoms with Crippen molar-refractivity contribution in [2.45, 2.75) is 0 Å². The molecule has 0 N–H and O–H groups in total. The van der Waals surface area contributed by atoms with Crippen LogP contribution in [-0.4, -0.2) is 19.5 Å². The van der Waals surface area contributed by atoms with Crippen LogP contribution < -0.4 is 0 Å². The molecule has 4 nitrogen and oxygen atoms in total. The van der Waals surface area contributed by atoms with E-state index in [1.54, 1.807) is 0 Å². The summed E-state index contributed by atoms with van der Waals surface area (Å²) in [6.07, 6.45) is 0. The molecule has 0 unspecified atom stereocenters. The van der Waals surface area contributed by atoms with Gasteiger partial charge in [-0.25, -0.2) is 15.0 Å². The lowest BCUT2D eigenvalue weighted by atomic mass is 9.95. The van der Waals surface area contributed by atoms with Gasteiger partial charge in [0.05, 0.1) is 11.0 Å². The van der Waals surface area contributed by atoms with Gasteiger partial charge in [-0.3, -0.25) is 0 Å². The fourth-order valence-electron chi connectivity index (χ4n) is 8.64. The van der Waals surface area contributed by atoms with Crippen molar-refractivity contribution in [3.63, 3.8) is 0 Å². The number of rotatable bonds is 4. The zero-order chi connectivity index (χ0) is 36.7. The molecular weight excluding hydrogens is 701 g/mol. The van der Waals surface area contributed by atoms with Gasteiger partial charge in [-0.1, -0.05) is 127 Å². The van der Waals surface area contributed by atoms with Crippen LogP contribution in [0.1, 0.15) is 0 Å². The smallest absolute Gasteiger partial charge is 0.164 e. The first kappa shape index (κ1) is 31.2. The zero-order valence-electron chi connectivity index (χ0n) is 30.0. The molecule has 0 spiro atoms. The third-order valence-corrected chi connectivity index (χ3v) is 12.3. The van der Waals surface area contributed by atoms with Crippen LogP contribution in [0.5, 0.6) is 0 Å². The van der Waals surface area contributed by atoms with E-state index in [0.29, 0.717) is 17.5 Å². The van der Waals surface area contributed by atoms with Crippen LogP contribution in [0.15, 0.2) is 182 Å². The second-order valence-electron chi connectivity index (χ2n) is 14.4. The number of nitrogens with zero attached hydrogens (tertiary/aromatic N) is 4. The van der Waals surface area contributed by atoms with E-state index in [0.717, 1.165) is 44.2 Å². The summed E-state index contributed by atoms with van der Waals surface area (Å²) in [6, 6.07) is 64.9. The fraction of sp³-hybridized carbons (Fsp3) is 0. The normalized spacial score (nSPS) is 11.9. The Hall–Kier alpha value is -7.21. The predicted octanol–water partition coefficient (Wildman–Crippen LogP) is 13.8. The summed E-state index contributed by atoms with van der Waals surface area (Å²) in [7, 11) is 0. The Labute approximate surface area is 325 Å². The number of fused-ring (bicyclic) bond motifs is 12. The monoisotopic (exact) mass is 730 g/mol. The topological polar surface area (TPSA) is 43.6 Å². The number of para-hydroxylation sites is 2. The largest absolute Gasteiger partial charge is 0.309 e. The molecule has 12 rings (SSSR count). The minimum Gasteiger partial charge on any atom is -0.309 e. The molecule has 0 amide bonds. The van der Waals surface area contributed by atoms with Gasteiger partial charge < -0.3 is 4.57 Å². The van der Waals surface area contributed by atoms with Crippen LogP contribution in [0, 0.1) is 0 Å². The molecule has 0 saturated carbocycles. The molecule has 0 atom stereocenters. The van der Waals surface area contributed by atoms with Crippen LogP contribution in [-0.2, 0) is 0 Å². The highest BCUT2D eigenvalue weighted by Gasteiger charge is 2.18. The molecule has 0 bridgehead atoms. The van der Waals surface area contributed by atoms with E-state index in [9.17, 15) is 0 Å². The first-order chi connectivity index (χ1) is 27.7. The molecule has 0 aliphatic rings. The van der Waals surface area contributed by atoms with Crippen LogP contribution in [0.2, 0.25) is 0 Å². The average Bonchev–Trinajstić information content (AvgIpc) is 3.82. The van der Waals surface area contributed by atoms with Crippen molar-refractivity contribution in [2.75, 3.05) is 0 Å². The maximum absolute atomic E-state index is 5.21. The summed E-state index contributed by atoms with van der Waals surface area (Å²) in [4.78, 5) is 15.4. The van der Waals surface area contributed by atoms with E-state index in [4.69, 9.17) is 15.0 Å². The maximum Gasteiger partial charge on any atom is 0.164 e. The van der Waals surface area contributed by atoms with E-state index in [-0.39, 0.29) is 0 Å². The summed E-state index contributed by atoms with van der Waals surface area (Å²) in [6.45, 7) is 0. The lowest BCUT2D eigenvalue weighted by Crippen LogP contribution is -2.00. The second kappa shape index (κ2) is 12.2. The number of hydrogen-bond donors (Lipinski definition) is 0. The molecule has 0 aliphatic carbocycles. The third-order valence-electron chi connectivity index (χ3n) is 11.2. The van der Waals surface area contributed by atoms with E-state index in [1.807, 2.05) is 29.5 Å². The molecule has 0 aliphatic heterocycles. The molecule has 5 heteroatoms. The molecule has 12 aromatic rings. The molecule has 0 saturated heterocycles. The highest BCUT2D eigenvalue weighted by Crippen LogP contribution is 2.44. The first-order valence-electron chi connectivity index (χ1n) is 18.9. The highest BCUT2D eigenvalue weighted by molar-refractivity contribution is 7.26. The van der Waals surface area contributed by atoms with E-state index >= 15 is 0 Å². The summed E-state index contributed by atoms with van der Waals surface area (Å²) < 4.78 is 4.95. The van der Waals surface area contributed by atoms with Crippen molar-refractivity contribution >= 4 is 85.6 Å². The van der Waals surface area contributed by atoms with Gasteiger partial charge in [0.15, 0.2) is 17.5 Å². The maximum atomic E-state index is 5.21. The lowest BCUT2D eigenvalue weighted by molar-refractivity contribution is 1.07. The Morgan fingerprint density at radius 3 is 1.73 bits per heavy atom. The van der Waals surface area contributed by atoms with Gasteiger partial charge in [0.2, 0.25) is 0 Å². The van der Waals surface area contributed by atoms with Crippen molar-refractivity contribution in [1.29, 1.82) is 0 Å². The van der Waals surface area contributed by atoms with Crippen molar-refractivity contribution in [2.24, 2.45) is 0 Å². The molecule has 0 fully saturated rings. The van der Waals surface area contributed by atoms with E-state index in [2.05, 4.69) is 168 Å². The molecule has 9 aromatic carbocycles. The number of benzene rings is 9. The Morgan fingerprint density at radius 2 is 0.911 bits per heavy atom. The minimum atomic E-state index is 0.643. The standard InChI is InChI=1S/C51H30N4S/c1-3-12-33(13-4-1)49-52-50(54-51(53-49)36-22-26-43-41(30-36)40-17-9-10-18-42(40)55(43)37-14-5-2-6-15-37)35-21-25-39-34(29-35)20-19-32-24-28-45-48(46(32)39)47-38-16-8-7-11-31(38)23-27-44(47)56-45/h1-30H. The quantitative estimate of drug-likeness (QED) is 0.169. The summed E-state index contributed by atoms with van der Waals surface area (Å²) in [5, 5.41) is 12.5. The van der Waals surface area contributed by atoms with Gasteiger partial charge in [0.25, 0.3) is 0 Å². The van der Waals surface area contributed by atoms with E-state index < -0.39 is 0 Å². The Morgan fingerprint density at radius 1 is 0.339 bits per heavy atom. The molecular formula is C51H30N4S. The second-order valence-corrected chi connectivity index (χ2v) is 15.5. The van der Waals surface area contributed by atoms with Gasteiger partial charge in [-0.2, -0.15) is 0 Å². The van der Waals surface area contributed by atoms with Gasteiger partial charge in [0, 0.05) is 53.3 Å². The predicted molar refractivity (Wildman–Crippen MR) is 236 cm³/mol. The van der Waals surface area contributed by atoms with Gasteiger partial charge in [0.1, 0.15) is 0 Å². The fourth-order valence-corrected chi connectivity index (χ4v) is 9.77. The van der Waals surface area contributed by atoms with E-state index in [1.165, 1.54) is 52.5 Å². The van der Waals surface area contributed by atoms with Crippen molar-refractivity contribution in [1.82, 2.24) is 19.5 Å². The Kier molecular flexibility index (Phi) is 6.76. The summed E-state index contributed by atoms with van der Waals surface area (Å²) >= 11 is 1.87. The first-order valence-corrected chi connectivity index (χ1v) is 19.7. The van der Waals surface area contributed by atoms with Crippen molar-refractivity contribution < 1.29 is 0 Å². The number of aromatic nitrogens is 4. The van der Waals surface area contributed by atoms with Crippen LogP contribution >= 0.6 is 11.3 Å². The minimum absolute atomic E-state index is 0.643. The Balaban J connectivity index is 1.06.